The van der Waals surface area contributed by atoms with Crippen molar-refractivity contribution in [1.82, 2.24) is 0 Å². The summed E-state index contributed by atoms with van der Waals surface area (Å²) < 4.78 is 0. The van der Waals surface area contributed by atoms with Gasteiger partial charge in [-0.3, -0.25) is 4.79 Å². The van der Waals surface area contributed by atoms with Crippen LogP contribution < -0.4 is 0 Å². The second-order valence-corrected chi connectivity index (χ2v) is 4.07. The molecule has 2 heteroatoms. The maximum atomic E-state index is 11.4. The summed E-state index contributed by atoms with van der Waals surface area (Å²) in [5.74, 6) is 0.926. The number of carbonyl (C=O) groups is 2. The first-order valence-electron chi connectivity index (χ1n) is 4.92. The Balaban J connectivity index is 2.17. The molecule has 0 aromatic carbocycles. The van der Waals surface area contributed by atoms with Crippen LogP contribution in [0.1, 0.15) is 32.6 Å². The third-order valence-corrected chi connectivity index (χ3v) is 3.21. The SMILES string of the molecule is CC1=C(C2CC2C=O)CCCC1=O. The van der Waals surface area contributed by atoms with Crippen molar-refractivity contribution in [3.63, 3.8) is 0 Å². The Labute approximate surface area is 78.0 Å². The molecule has 0 heterocycles. The Kier molecular flexibility index (Phi) is 2.06. The summed E-state index contributed by atoms with van der Waals surface area (Å²) in [5.41, 5.74) is 2.22. The van der Waals surface area contributed by atoms with Gasteiger partial charge < -0.3 is 4.79 Å². The molecule has 2 atom stereocenters. The number of ketones is 1. The molecule has 2 nitrogen and oxygen atoms in total. The first kappa shape index (κ1) is 8.67. The quantitative estimate of drug-likeness (QED) is 0.605. The van der Waals surface area contributed by atoms with E-state index in [-0.39, 0.29) is 11.7 Å². The number of hydrogen-bond donors (Lipinski definition) is 0. The normalized spacial score (nSPS) is 33.5. The van der Waals surface area contributed by atoms with Gasteiger partial charge in [0, 0.05) is 12.3 Å². The fourth-order valence-electron chi connectivity index (χ4n) is 2.22. The standard InChI is InChI=1S/C11H14O2/c1-7-9(3-2-4-11(7)13)10-5-8(10)6-12/h6,8,10H,2-5H2,1H3. The number of allylic oxidation sites excluding steroid dienone is 2. The third-order valence-electron chi connectivity index (χ3n) is 3.21. The Morgan fingerprint density at radius 3 is 2.77 bits per heavy atom. The zero-order valence-electron chi connectivity index (χ0n) is 7.88. The average molecular weight is 178 g/mol. The smallest absolute Gasteiger partial charge is 0.158 e. The number of rotatable bonds is 2. The minimum Gasteiger partial charge on any atom is -0.303 e. The van der Waals surface area contributed by atoms with Gasteiger partial charge in [-0.05, 0) is 37.7 Å². The number of hydrogen-bond acceptors (Lipinski definition) is 2. The van der Waals surface area contributed by atoms with Gasteiger partial charge in [0.05, 0.1) is 0 Å². The van der Waals surface area contributed by atoms with Crippen LogP contribution in [0.4, 0.5) is 0 Å². The van der Waals surface area contributed by atoms with E-state index in [0.29, 0.717) is 12.3 Å². The van der Waals surface area contributed by atoms with Gasteiger partial charge in [-0.1, -0.05) is 5.57 Å². The molecule has 0 aromatic rings. The van der Waals surface area contributed by atoms with Crippen molar-refractivity contribution in [1.29, 1.82) is 0 Å². The molecule has 2 aliphatic rings. The molecule has 0 aromatic heterocycles. The predicted molar refractivity (Wildman–Crippen MR) is 49.2 cm³/mol. The summed E-state index contributed by atoms with van der Waals surface area (Å²) in [6.07, 6.45) is 4.72. The number of carbonyl (C=O) groups excluding carboxylic acids is 2. The fourth-order valence-corrected chi connectivity index (χ4v) is 2.22. The van der Waals surface area contributed by atoms with Crippen LogP contribution in [0.2, 0.25) is 0 Å². The molecule has 0 bridgehead atoms. The van der Waals surface area contributed by atoms with Gasteiger partial charge in [0.15, 0.2) is 5.78 Å². The van der Waals surface area contributed by atoms with Crippen LogP contribution in [0.5, 0.6) is 0 Å². The molecule has 2 aliphatic carbocycles. The van der Waals surface area contributed by atoms with E-state index >= 15 is 0 Å². The van der Waals surface area contributed by atoms with E-state index in [1.165, 1.54) is 5.57 Å². The summed E-state index contributed by atoms with van der Waals surface area (Å²) in [5, 5.41) is 0. The molecule has 2 rings (SSSR count). The zero-order valence-corrected chi connectivity index (χ0v) is 7.88. The minimum absolute atomic E-state index is 0.218. The van der Waals surface area contributed by atoms with Crippen LogP contribution >= 0.6 is 0 Å². The lowest BCUT2D eigenvalue weighted by atomic mass is 9.88. The largest absolute Gasteiger partial charge is 0.303 e. The van der Waals surface area contributed by atoms with Gasteiger partial charge in [0.25, 0.3) is 0 Å². The maximum absolute atomic E-state index is 11.4. The van der Waals surface area contributed by atoms with Gasteiger partial charge >= 0.3 is 0 Å². The van der Waals surface area contributed by atoms with Crippen molar-refractivity contribution in [3.8, 4) is 0 Å². The van der Waals surface area contributed by atoms with Crippen LogP contribution in [-0.4, -0.2) is 12.1 Å². The van der Waals surface area contributed by atoms with Crippen molar-refractivity contribution >= 4 is 12.1 Å². The molecule has 0 aliphatic heterocycles. The van der Waals surface area contributed by atoms with Crippen LogP contribution in [0, 0.1) is 11.8 Å². The molecule has 70 valence electrons. The first-order valence-corrected chi connectivity index (χ1v) is 4.92. The molecule has 0 spiro atoms. The summed E-state index contributed by atoms with van der Waals surface area (Å²) in [7, 11) is 0. The highest BCUT2D eigenvalue weighted by Gasteiger charge is 2.41. The summed E-state index contributed by atoms with van der Waals surface area (Å²) in [6.45, 7) is 1.91. The monoisotopic (exact) mass is 178 g/mol. The lowest BCUT2D eigenvalue weighted by Crippen LogP contribution is -2.10. The van der Waals surface area contributed by atoms with Crippen molar-refractivity contribution in [2.24, 2.45) is 11.8 Å². The molecular weight excluding hydrogens is 164 g/mol. The third kappa shape index (κ3) is 1.45. The van der Waals surface area contributed by atoms with Crippen LogP contribution in [0.3, 0.4) is 0 Å². The van der Waals surface area contributed by atoms with Crippen LogP contribution in [0.25, 0.3) is 0 Å². The van der Waals surface area contributed by atoms with Crippen LogP contribution in [-0.2, 0) is 9.59 Å². The molecule has 1 saturated carbocycles. The Bertz CT molecular complexity index is 288. The van der Waals surface area contributed by atoms with E-state index in [1.807, 2.05) is 6.92 Å². The van der Waals surface area contributed by atoms with Crippen LogP contribution in [0.15, 0.2) is 11.1 Å². The van der Waals surface area contributed by atoms with Crippen molar-refractivity contribution in [3.05, 3.63) is 11.1 Å². The topological polar surface area (TPSA) is 34.1 Å². The van der Waals surface area contributed by atoms with Crippen molar-refractivity contribution < 1.29 is 9.59 Å². The van der Waals surface area contributed by atoms with Gasteiger partial charge in [-0.2, -0.15) is 0 Å². The summed E-state index contributed by atoms with van der Waals surface area (Å²) >= 11 is 0. The minimum atomic E-state index is 0.218. The molecule has 1 fully saturated rings. The molecule has 0 amide bonds. The summed E-state index contributed by atoms with van der Waals surface area (Å²) in [4.78, 5) is 21.9. The Morgan fingerprint density at radius 2 is 2.15 bits per heavy atom. The van der Waals surface area contributed by atoms with E-state index in [4.69, 9.17) is 0 Å². The lowest BCUT2D eigenvalue weighted by molar-refractivity contribution is -0.116. The zero-order chi connectivity index (χ0) is 9.42. The molecule has 0 radical (unpaired) electrons. The Hall–Kier alpha value is -0.920. The number of aldehydes is 1. The highest BCUT2D eigenvalue weighted by Crippen LogP contribution is 2.46. The molecule has 13 heavy (non-hydrogen) atoms. The maximum Gasteiger partial charge on any atom is 0.158 e. The highest BCUT2D eigenvalue weighted by molar-refractivity contribution is 5.96. The Morgan fingerprint density at radius 1 is 1.38 bits per heavy atom. The van der Waals surface area contributed by atoms with Gasteiger partial charge in [-0.25, -0.2) is 0 Å². The average Bonchev–Trinajstić information content (AvgIpc) is 2.89. The fraction of sp³-hybridized carbons (Fsp3) is 0.636. The van der Waals surface area contributed by atoms with E-state index in [2.05, 4.69) is 0 Å². The second kappa shape index (κ2) is 3.09. The highest BCUT2D eigenvalue weighted by atomic mass is 16.1. The number of Topliss-reactive ketones (excluding diaryl/α,β-unsaturated/α-hetero) is 1. The van der Waals surface area contributed by atoms with Gasteiger partial charge in [0.2, 0.25) is 0 Å². The van der Waals surface area contributed by atoms with Gasteiger partial charge in [-0.15, -0.1) is 0 Å². The molecule has 0 saturated heterocycles. The first-order chi connectivity index (χ1) is 6.24. The molecule has 2 unspecified atom stereocenters. The van der Waals surface area contributed by atoms with Crippen molar-refractivity contribution in [2.45, 2.75) is 32.6 Å². The second-order valence-electron chi connectivity index (χ2n) is 4.07. The van der Waals surface area contributed by atoms with E-state index in [9.17, 15) is 9.59 Å². The molecule has 0 N–H and O–H groups in total. The summed E-state index contributed by atoms with van der Waals surface area (Å²) in [6, 6.07) is 0. The van der Waals surface area contributed by atoms with Gasteiger partial charge in [0.1, 0.15) is 6.29 Å². The van der Waals surface area contributed by atoms with E-state index in [0.717, 1.165) is 31.1 Å². The molecular formula is C11H14O2. The van der Waals surface area contributed by atoms with E-state index < -0.39 is 0 Å². The van der Waals surface area contributed by atoms with Crippen molar-refractivity contribution in [2.75, 3.05) is 0 Å². The van der Waals surface area contributed by atoms with E-state index in [1.54, 1.807) is 0 Å². The lowest BCUT2D eigenvalue weighted by Gasteiger charge is -2.16. The predicted octanol–water partition coefficient (Wildman–Crippen LogP) is 1.89.